The molecular formula is C19H29N3O2. The van der Waals surface area contributed by atoms with Gasteiger partial charge in [0.2, 0.25) is 0 Å². The van der Waals surface area contributed by atoms with E-state index in [1.807, 2.05) is 4.90 Å². The lowest BCUT2D eigenvalue weighted by atomic mass is 10.0. The highest BCUT2D eigenvalue weighted by atomic mass is 16.5. The SMILES string of the molecule is COc1cccnc1C(=O)N1CCCN(CC2CC2)[C@@H](C(C)C)C1. The first-order valence-corrected chi connectivity index (χ1v) is 9.12. The van der Waals surface area contributed by atoms with Crippen LogP contribution < -0.4 is 4.74 Å². The predicted molar refractivity (Wildman–Crippen MR) is 94.2 cm³/mol. The summed E-state index contributed by atoms with van der Waals surface area (Å²) in [5, 5.41) is 0. The first kappa shape index (κ1) is 17.2. The van der Waals surface area contributed by atoms with Crippen LogP contribution in [0.25, 0.3) is 0 Å². The van der Waals surface area contributed by atoms with E-state index in [0.717, 1.165) is 32.0 Å². The number of rotatable bonds is 5. The highest BCUT2D eigenvalue weighted by molar-refractivity contribution is 5.95. The monoisotopic (exact) mass is 331 g/mol. The molecule has 0 N–H and O–H groups in total. The number of pyridine rings is 1. The van der Waals surface area contributed by atoms with Crippen molar-refractivity contribution in [1.29, 1.82) is 0 Å². The molecule has 1 aromatic heterocycles. The lowest BCUT2D eigenvalue weighted by Gasteiger charge is -2.34. The normalized spacial score (nSPS) is 22.5. The van der Waals surface area contributed by atoms with E-state index in [1.54, 1.807) is 25.4 Å². The molecule has 1 atom stereocenters. The molecule has 0 bridgehead atoms. The Morgan fingerprint density at radius 2 is 2.17 bits per heavy atom. The molecule has 2 fully saturated rings. The Morgan fingerprint density at radius 1 is 1.38 bits per heavy atom. The van der Waals surface area contributed by atoms with Crippen molar-refractivity contribution >= 4 is 5.91 Å². The molecule has 1 aromatic rings. The van der Waals surface area contributed by atoms with Crippen molar-refractivity contribution in [2.24, 2.45) is 11.8 Å². The van der Waals surface area contributed by atoms with E-state index in [4.69, 9.17) is 4.74 Å². The standard InChI is InChI=1S/C19H29N3O2/c1-14(2)16-13-22(11-5-10-21(16)12-15-7-8-15)19(23)18-17(24-3)6-4-9-20-18/h4,6,9,14-16H,5,7-8,10-13H2,1-3H3/t16-/m1/s1. The van der Waals surface area contributed by atoms with Crippen LogP contribution in [-0.2, 0) is 0 Å². The second-order valence-electron chi connectivity index (χ2n) is 7.41. The molecule has 24 heavy (non-hydrogen) atoms. The summed E-state index contributed by atoms with van der Waals surface area (Å²) >= 11 is 0. The van der Waals surface area contributed by atoms with Gasteiger partial charge in [0.25, 0.3) is 5.91 Å². The van der Waals surface area contributed by atoms with Gasteiger partial charge in [-0.2, -0.15) is 0 Å². The minimum absolute atomic E-state index is 0.00799. The molecule has 5 heteroatoms. The maximum atomic E-state index is 13.0. The Balaban J connectivity index is 1.76. The average molecular weight is 331 g/mol. The number of nitrogens with zero attached hydrogens (tertiary/aromatic N) is 3. The van der Waals surface area contributed by atoms with Crippen LogP contribution in [0.3, 0.4) is 0 Å². The molecule has 2 heterocycles. The van der Waals surface area contributed by atoms with Gasteiger partial charge in [-0.15, -0.1) is 0 Å². The largest absolute Gasteiger partial charge is 0.494 e. The molecule has 1 saturated carbocycles. The Kier molecular flexibility index (Phi) is 5.39. The van der Waals surface area contributed by atoms with E-state index in [1.165, 1.54) is 19.4 Å². The molecule has 1 amide bonds. The quantitative estimate of drug-likeness (QED) is 0.832. The summed E-state index contributed by atoms with van der Waals surface area (Å²) in [6.07, 6.45) is 5.42. The summed E-state index contributed by atoms with van der Waals surface area (Å²) in [5.41, 5.74) is 0.429. The smallest absolute Gasteiger partial charge is 0.276 e. The van der Waals surface area contributed by atoms with Crippen molar-refractivity contribution < 1.29 is 9.53 Å². The fraction of sp³-hybridized carbons (Fsp3) is 0.684. The van der Waals surface area contributed by atoms with Gasteiger partial charge in [0.1, 0.15) is 5.75 Å². The van der Waals surface area contributed by atoms with Crippen LogP contribution in [0.1, 0.15) is 43.6 Å². The molecule has 1 aliphatic heterocycles. The molecule has 5 nitrogen and oxygen atoms in total. The second-order valence-corrected chi connectivity index (χ2v) is 7.41. The van der Waals surface area contributed by atoms with Crippen LogP contribution in [0, 0.1) is 11.8 Å². The fourth-order valence-electron chi connectivity index (χ4n) is 3.60. The van der Waals surface area contributed by atoms with Gasteiger partial charge in [-0.05, 0) is 43.2 Å². The number of hydrogen-bond donors (Lipinski definition) is 0. The predicted octanol–water partition coefficient (Wildman–Crippen LogP) is 2.67. The van der Waals surface area contributed by atoms with Crippen molar-refractivity contribution in [2.45, 2.75) is 39.2 Å². The number of ether oxygens (including phenoxy) is 1. The van der Waals surface area contributed by atoms with Gasteiger partial charge >= 0.3 is 0 Å². The number of amides is 1. The lowest BCUT2D eigenvalue weighted by molar-refractivity contribution is 0.0695. The van der Waals surface area contributed by atoms with E-state index in [0.29, 0.717) is 23.4 Å². The highest BCUT2D eigenvalue weighted by Gasteiger charge is 2.34. The third kappa shape index (κ3) is 3.89. The molecule has 0 spiro atoms. The third-order valence-corrected chi connectivity index (χ3v) is 5.19. The highest BCUT2D eigenvalue weighted by Crippen LogP contribution is 2.32. The van der Waals surface area contributed by atoms with E-state index in [2.05, 4.69) is 23.7 Å². The first-order valence-electron chi connectivity index (χ1n) is 9.12. The van der Waals surface area contributed by atoms with Crippen molar-refractivity contribution in [1.82, 2.24) is 14.8 Å². The van der Waals surface area contributed by atoms with Crippen molar-refractivity contribution in [3.8, 4) is 5.75 Å². The lowest BCUT2D eigenvalue weighted by Crippen LogP contribution is -2.46. The van der Waals surface area contributed by atoms with E-state index in [-0.39, 0.29) is 5.91 Å². The molecule has 1 aliphatic carbocycles. The number of aromatic nitrogens is 1. The van der Waals surface area contributed by atoms with E-state index < -0.39 is 0 Å². The number of carbonyl (C=O) groups is 1. The molecular weight excluding hydrogens is 302 g/mol. The zero-order valence-corrected chi connectivity index (χ0v) is 15.1. The summed E-state index contributed by atoms with van der Waals surface area (Å²) in [4.78, 5) is 21.9. The summed E-state index contributed by atoms with van der Waals surface area (Å²) in [5.74, 6) is 1.96. The van der Waals surface area contributed by atoms with Crippen LogP contribution in [0.2, 0.25) is 0 Å². The molecule has 1 saturated heterocycles. The van der Waals surface area contributed by atoms with E-state index >= 15 is 0 Å². The Morgan fingerprint density at radius 3 is 2.83 bits per heavy atom. The van der Waals surface area contributed by atoms with Gasteiger partial charge in [-0.1, -0.05) is 13.8 Å². The molecule has 132 valence electrons. The van der Waals surface area contributed by atoms with Gasteiger partial charge in [0, 0.05) is 38.4 Å². The van der Waals surface area contributed by atoms with Crippen LogP contribution in [0.4, 0.5) is 0 Å². The van der Waals surface area contributed by atoms with Crippen molar-refractivity contribution in [3.63, 3.8) is 0 Å². The number of methoxy groups -OCH3 is 1. The number of carbonyl (C=O) groups excluding carboxylic acids is 1. The first-order chi connectivity index (χ1) is 11.6. The molecule has 0 unspecified atom stereocenters. The van der Waals surface area contributed by atoms with Gasteiger partial charge in [-0.3, -0.25) is 9.69 Å². The molecule has 0 radical (unpaired) electrons. The maximum Gasteiger partial charge on any atom is 0.276 e. The zero-order chi connectivity index (χ0) is 17.1. The zero-order valence-electron chi connectivity index (χ0n) is 15.1. The molecule has 3 rings (SSSR count). The molecule has 0 aromatic carbocycles. The average Bonchev–Trinajstić information content (AvgIpc) is 3.41. The van der Waals surface area contributed by atoms with Crippen LogP contribution in [0.5, 0.6) is 5.75 Å². The summed E-state index contributed by atoms with van der Waals surface area (Å²) in [6.45, 7) is 8.38. The van der Waals surface area contributed by atoms with Crippen LogP contribution in [0.15, 0.2) is 18.3 Å². The maximum absolute atomic E-state index is 13.0. The second kappa shape index (κ2) is 7.51. The Labute approximate surface area is 145 Å². The third-order valence-electron chi connectivity index (χ3n) is 5.19. The van der Waals surface area contributed by atoms with E-state index in [9.17, 15) is 4.79 Å². The van der Waals surface area contributed by atoms with Gasteiger partial charge in [-0.25, -0.2) is 4.98 Å². The van der Waals surface area contributed by atoms with Crippen LogP contribution in [-0.4, -0.2) is 60.0 Å². The summed E-state index contributed by atoms with van der Waals surface area (Å²) < 4.78 is 5.32. The molecule has 2 aliphatic rings. The van der Waals surface area contributed by atoms with Gasteiger partial charge < -0.3 is 9.64 Å². The minimum atomic E-state index is -0.00799. The summed E-state index contributed by atoms with van der Waals surface area (Å²) in [7, 11) is 1.59. The van der Waals surface area contributed by atoms with Gasteiger partial charge in [0.15, 0.2) is 5.69 Å². The Hall–Kier alpha value is -1.62. The topological polar surface area (TPSA) is 45.7 Å². The van der Waals surface area contributed by atoms with Crippen molar-refractivity contribution in [2.75, 3.05) is 33.3 Å². The van der Waals surface area contributed by atoms with Crippen molar-refractivity contribution in [3.05, 3.63) is 24.0 Å². The fourth-order valence-corrected chi connectivity index (χ4v) is 3.60. The Bertz CT molecular complexity index is 571. The summed E-state index contributed by atoms with van der Waals surface area (Å²) in [6, 6.07) is 4.02. The van der Waals surface area contributed by atoms with Crippen LogP contribution >= 0.6 is 0 Å². The number of hydrogen-bond acceptors (Lipinski definition) is 4. The minimum Gasteiger partial charge on any atom is -0.494 e. The van der Waals surface area contributed by atoms with Gasteiger partial charge in [0.05, 0.1) is 7.11 Å².